The fourth-order valence-electron chi connectivity index (χ4n) is 3.33. The molecular formula is C15H31Cl2N3O2. The minimum absolute atomic E-state index is 0. The fraction of sp³-hybridized carbons (Fsp3) is 0.933. The Bertz CT molecular complexity index is 334. The van der Waals surface area contributed by atoms with E-state index in [0.29, 0.717) is 25.2 Å². The van der Waals surface area contributed by atoms with Gasteiger partial charge in [-0.2, -0.15) is 0 Å². The van der Waals surface area contributed by atoms with Crippen LogP contribution in [0.4, 0.5) is 0 Å². The van der Waals surface area contributed by atoms with E-state index in [1.54, 1.807) is 0 Å². The predicted molar refractivity (Wildman–Crippen MR) is 93.9 cm³/mol. The molecule has 1 amide bonds. The normalized spacial score (nSPS) is 30.0. The molecule has 2 aliphatic heterocycles. The summed E-state index contributed by atoms with van der Waals surface area (Å²) in [7, 11) is 0. The van der Waals surface area contributed by atoms with Crippen LogP contribution in [0, 0.1) is 0 Å². The fourth-order valence-corrected chi connectivity index (χ4v) is 3.33. The maximum Gasteiger partial charge on any atom is 0.249 e. The number of carbonyl (C=O) groups is 1. The molecule has 0 aliphatic carbocycles. The molecule has 0 spiro atoms. The first-order valence-corrected chi connectivity index (χ1v) is 8.00. The third kappa shape index (κ3) is 5.85. The summed E-state index contributed by atoms with van der Waals surface area (Å²) in [6.45, 7) is 6.83. The Morgan fingerprint density at radius 2 is 2.05 bits per heavy atom. The first-order chi connectivity index (χ1) is 9.61. The summed E-state index contributed by atoms with van der Waals surface area (Å²) in [6, 6.07) is 1.01. The van der Waals surface area contributed by atoms with E-state index in [9.17, 15) is 4.79 Å². The number of carbonyl (C=O) groups excluding carboxylic acids is 1. The van der Waals surface area contributed by atoms with Gasteiger partial charge in [0.2, 0.25) is 5.91 Å². The van der Waals surface area contributed by atoms with Gasteiger partial charge in [0.1, 0.15) is 6.10 Å². The van der Waals surface area contributed by atoms with Gasteiger partial charge in [-0.15, -0.1) is 24.8 Å². The molecule has 0 saturated carbocycles. The third-order valence-corrected chi connectivity index (χ3v) is 4.66. The maximum atomic E-state index is 12.1. The first-order valence-electron chi connectivity index (χ1n) is 8.00. The van der Waals surface area contributed by atoms with E-state index >= 15 is 0 Å². The van der Waals surface area contributed by atoms with Crippen LogP contribution in [0.15, 0.2) is 0 Å². The average Bonchev–Trinajstić information content (AvgIpc) is 2.94. The highest BCUT2D eigenvalue weighted by Gasteiger charge is 2.30. The van der Waals surface area contributed by atoms with Crippen molar-refractivity contribution < 1.29 is 9.53 Å². The number of nitrogens with two attached hydrogens (primary N) is 1. The van der Waals surface area contributed by atoms with Gasteiger partial charge in [-0.1, -0.05) is 6.42 Å². The predicted octanol–water partition coefficient (Wildman–Crippen LogP) is 1.72. The standard InChI is InChI=1S/C15H29N3O2.2ClH/c1-11-5-3-4-8-18(11)12(2)10-17-15(19)14-7-6-13(9-16)20-14;;/h11-14H,3-10,16H2,1-2H3,(H,17,19);2*1H/t11?,12?,13-,14+;;/m1../s1. The molecular weight excluding hydrogens is 325 g/mol. The number of hydrogen-bond donors (Lipinski definition) is 2. The van der Waals surface area contributed by atoms with Crippen molar-refractivity contribution in [3.63, 3.8) is 0 Å². The van der Waals surface area contributed by atoms with Crippen molar-refractivity contribution in [1.29, 1.82) is 0 Å². The summed E-state index contributed by atoms with van der Waals surface area (Å²) < 4.78 is 5.62. The van der Waals surface area contributed by atoms with Crippen LogP contribution >= 0.6 is 24.8 Å². The van der Waals surface area contributed by atoms with E-state index in [2.05, 4.69) is 24.1 Å². The topological polar surface area (TPSA) is 67.6 Å². The first kappa shape index (κ1) is 21.9. The number of hydrogen-bond acceptors (Lipinski definition) is 4. The Hall–Kier alpha value is -0.0700. The van der Waals surface area contributed by atoms with Gasteiger partial charge >= 0.3 is 0 Å². The van der Waals surface area contributed by atoms with E-state index in [1.807, 2.05) is 0 Å². The lowest BCUT2D eigenvalue weighted by molar-refractivity contribution is -0.132. The monoisotopic (exact) mass is 355 g/mol. The molecule has 0 aromatic heterocycles. The third-order valence-electron chi connectivity index (χ3n) is 4.66. The number of likely N-dealkylation sites (tertiary alicyclic amines) is 1. The van der Waals surface area contributed by atoms with Crippen molar-refractivity contribution in [2.75, 3.05) is 19.6 Å². The molecule has 2 rings (SSSR count). The van der Waals surface area contributed by atoms with Crippen LogP contribution in [-0.4, -0.2) is 54.7 Å². The number of ether oxygens (including phenoxy) is 1. The van der Waals surface area contributed by atoms with Crippen molar-refractivity contribution in [1.82, 2.24) is 10.2 Å². The van der Waals surface area contributed by atoms with E-state index < -0.39 is 0 Å². The van der Waals surface area contributed by atoms with Crippen LogP contribution in [0.2, 0.25) is 0 Å². The zero-order valence-electron chi connectivity index (χ0n) is 13.6. The second-order valence-corrected chi connectivity index (χ2v) is 6.24. The summed E-state index contributed by atoms with van der Waals surface area (Å²) in [6.07, 6.45) is 5.32. The Kier molecular flexibility index (Phi) is 10.6. The summed E-state index contributed by atoms with van der Waals surface area (Å²) >= 11 is 0. The molecule has 5 nitrogen and oxygen atoms in total. The smallest absolute Gasteiger partial charge is 0.249 e. The highest BCUT2D eigenvalue weighted by molar-refractivity contribution is 5.85. The lowest BCUT2D eigenvalue weighted by Crippen LogP contribution is -2.49. The van der Waals surface area contributed by atoms with Gasteiger partial charge in [0, 0.05) is 25.2 Å². The molecule has 3 N–H and O–H groups in total. The molecule has 7 heteroatoms. The number of halogens is 2. The van der Waals surface area contributed by atoms with Crippen molar-refractivity contribution >= 4 is 30.7 Å². The van der Waals surface area contributed by atoms with Crippen molar-refractivity contribution in [2.24, 2.45) is 5.73 Å². The molecule has 2 unspecified atom stereocenters. The number of amides is 1. The van der Waals surface area contributed by atoms with E-state index in [4.69, 9.17) is 10.5 Å². The Balaban J connectivity index is 0.00000220. The second-order valence-electron chi connectivity index (χ2n) is 6.24. The van der Waals surface area contributed by atoms with Crippen molar-refractivity contribution in [3.05, 3.63) is 0 Å². The summed E-state index contributed by atoms with van der Waals surface area (Å²) in [5.41, 5.74) is 5.57. The molecule has 4 atom stereocenters. The zero-order chi connectivity index (χ0) is 14.5. The highest BCUT2D eigenvalue weighted by atomic mass is 35.5. The molecule has 2 saturated heterocycles. The molecule has 132 valence electrons. The Morgan fingerprint density at radius 3 is 2.64 bits per heavy atom. The minimum atomic E-state index is -0.297. The van der Waals surface area contributed by atoms with E-state index in [1.165, 1.54) is 19.3 Å². The van der Waals surface area contributed by atoms with Crippen LogP contribution < -0.4 is 11.1 Å². The van der Waals surface area contributed by atoms with Crippen molar-refractivity contribution in [3.8, 4) is 0 Å². The van der Waals surface area contributed by atoms with Crippen molar-refractivity contribution in [2.45, 2.75) is 70.2 Å². The quantitative estimate of drug-likeness (QED) is 0.787. The largest absolute Gasteiger partial charge is 0.364 e. The number of piperidine rings is 1. The van der Waals surface area contributed by atoms with E-state index in [-0.39, 0.29) is 42.9 Å². The highest BCUT2D eigenvalue weighted by Crippen LogP contribution is 2.20. The van der Waals surface area contributed by atoms with Gasteiger partial charge in [0.25, 0.3) is 0 Å². The van der Waals surface area contributed by atoms with Crippen LogP contribution in [0.25, 0.3) is 0 Å². The molecule has 0 radical (unpaired) electrons. The number of rotatable bonds is 5. The minimum Gasteiger partial charge on any atom is -0.364 e. The average molecular weight is 356 g/mol. The van der Waals surface area contributed by atoms with Crippen LogP contribution in [0.5, 0.6) is 0 Å². The maximum absolute atomic E-state index is 12.1. The lowest BCUT2D eigenvalue weighted by Gasteiger charge is -2.38. The summed E-state index contributed by atoms with van der Waals surface area (Å²) in [4.78, 5) is 14.6. The van der Waals surface area contributed by atoms with Gasteiger partial charge in [-0.05, 0) is 46.1 Å². The van der Waals surface area contributed by atoms with Gasteiger partial charge in [-0.3, -0.25) is 9.69 Å². The van der Waals surface area contributed by atoms with Crippen LogP contribution in [0.1, 0.15) is 46.0 Å². The number of nitrogens with one attached hydrogen (secondary N) is 1. The summed E-state index contributed by atoms with van der Waals surface area (Å²) in [5, 5.41) is 3.04. The molecule has 2 heterocycles. The molecule has 0 aromatic carbocycles. The van der Waals surface area contributed by atoms with Crippen LogP contribution in [0.3, 0.4) is 0 Å². The summed E-state index contributed by atoms with van der Waals surface area (Å²) in [5.74, 6) is 0.0254. The molecule has 2 fully saturated rings. The molecule has 0 bridgehead atoms. The van der Waals surface area contributed by atoms with Gasteiger partial charge < -0.3 is 15.8 Å². The molecule has 22 heavy (non-hydrogen) atoms. The Morgan fingerprint density at radius 1 is 1.32 bits per heavy atom. The van der Waals surface area contributed by atoms with Gasteiger partial charge in [-0.25, -0.2) is 0 Å². The SMILES string of the molecule is CC1CCCCN1C(C)CNC(=O)[C@@H]1CC[C@H](CN)O1.Cl.Cl. The lowest BCUT2D eigenvalue weighted by atomic mass is 10.0. The molecule has 0 aromatic rings. The zero-order valence-corrected chi connectivity index (χ0v) is 15.3. The molecule has 2 aliphatic rings. The van der Waals surface area contributed by atoms with Gasteiger partial charge in [0.05, 0.1) is 6.10 Å². The Labute approximate surface area is 146 Å². The van der Waals surface area contributed by atoms with Crippen LogP contribution in [-0.2, 0) is 9.53 Å². The van der Waals surface area contributed by atoms with E-state index in [0.717, 1.165) is 19.4 Å². The van der Waals surface area contributed by atoms with Gasteiger partial charge in [0.15, 0.2) is 0 Å². The number of nitrogens with zero attached hydrogens (tertiary/aromatic N) is 1. The second kappa shape index (κ2) is 10.7.